The highest BCUT2D eigenvalue weighted by Gasteiger charge is 2.28. The van der Waals surface area contributed by atoms with Crippen LogP contribution in [-0.4, -0.2) is 22.0 Å². The van der Waals surface area contributed by atoms with E-state index in [1.165, 1.54) is 6.07 Å². The lowest BCUT2D eigenvalue weighted by Crippen LogP contribution is -2.27. The second-order valence-corrected chi connectivity index (χ2v) is 11.8. The fourth-order valence-electron chi connectivity index (χ4n) is 3.32. The van der Waals surface area contributed by atoms with E-state index in [0.29, 0.717) is 24.9 Å². The molecule has 2 nitrogen and oxygen atoms in total. The van der Waals surface area contributed by atoms with Crippen LogP contribution in [-0.2, 0) is 24.2 Å². The summed E-state index contributed by atoms with van der Waals surface area (Å²) in [5.74, 6) is 0.826. The van der Waals surface area contributed by atoms with Crippen molar-refractivity contribution < 1.29 is 13.9 Å². The lowest BCUT2D eigenvalue weighted by Gasteiger charge is -2.28. The van der Waals surface area contributed by atoms with Gasteiger partial charge in [0.25, 0.3) is 0 Å². The van der Waals surface area contributed by atoms with Gasteiger partial charge in [0.05, 0.1) is 15.4 Å². The van der Waals surface area contributed by atoms with Crippen LogP contribution in [0.2, 0.25) is 18.1 Å². The van der Waals surface area contributed by atoms with Crippen LogP contribution >= 0.6 is 0 Å². The first kappa shape index (κ1) is 20.1. The zero-order chi connectivity index (χ0) is 19.4. The Morgan fingerprint density at radius 3 is 2.56 bits per heavy atom. The molecule has 2 aromatic carbocycles. The van der Waals surface area contributed by atoms with Gasteiger partial charge in [-0.05, 0) is 46.6 Å². The summed E-state index contributed by atoms with van der Waals surface area (Å²) in [5.41, 5.74) is 2.99. The summed E-state index contributed by atoms with van der Waals surface area (Å²) in [6.45, 7) is 11.2. The molecule has 0 saturated heterocycles. The lowest BCUT2D eigenvalue weighted by atomic mass is 10.1. The minimum atomic E-state index is -0.402. The third-order valence-electron chi connectivity index (χ3n) is 5.68. The van der Waals surface area contributed by atoms with E-state index in [1.54, 1.807) is 0 Å². The van der Waals surface area contributed by atoms with E-state index >= 15 is 0 Å². The molecule has 1 unspecified atom stereocenters. The fraction of sp³-hybridized carbons (Fsp3) is 0.478. The molecule has 1 aliphatic rings. The zero-order valence-corrected chi connectivity index (χ0v) is 17.8. The molecule has 0 bridgehead atoms. The summed E-state index contributed by atoms with van der Waals surface area (Å²) >= 11 is 0. The van der Waals surface area contributed by atoms with E-state index in [0.717, 1.165) is 36.1 Å². The van der Waals surface area contributed by atoms with Gasteiger partial charge in [0.15, 0.2) is 0 Å². The molecular weight excluding hydrogens is 355 g/mol. The van der Waals surface area contributed by atoms with Crippen LogP contribution in [0.1, 0.15) is 30.5 Å². The van der Waals surface area contributed by atoms with Crippen LogP contribution in [0.4, 0.5) is 4.39 Å². The van der Waals surface area contributed by atoms with Crippen molar-refractivity contribution in [3.63, 3.8) is 0 Å². The summed E-state index contributed by atoms with van der Waals surface area (Å²) < 4.78 is 26.4. The van der Waals surface area contributed by atoms with E-state index in [-0.39, 0.29) is 10.9 Å². The number of hydrogen-bond donors (Lipinski definition) is 0. The number of halogens is 1. The minimum Gasteiger partial charge on any atom is -0.489 e. The minimum absolute atomic E-state index is 0.147. The predicted octanol–water partition coefficient (Wildman–Crippen LogP) is 5.67. The van der Waals surface area contributed by atoms with Crippen LogP contribution < -0.4 is 4.74 Å². The Hall–Kier alpha value is -1.65. The molecule has 0 N–H and O–H groups in total. The molecule has 4 heteroatoms. The van der Waals surface area contributed by atoms with Crippen molar-refractivity contribution in [2.24, 2.45) is 5.92 Å². The monoisotopic (exact) mass is 385 g/mol. The average Bonchev–Trinajstić information content (AvgIpc) is 3.04. The molecule has 0 spiro atoms. The van der Waals surface area contributed by atoms with E-state index in [1.807, 2.05) is 36.4 Å². The van der Waals surface area contributed by atoms with E-state index < -0.39 is 8.80 Å². The molecule has 1 atom stereocenters. The maximum atomic E-state index is 14.6. The molecule has 2 aromatic rings. The first-order valence-electron chi connectivity index (χ1n) is 9.71. The molecule has 0 aliphatic heterocycles. The topological polar surface area (TPSA) is 18.5 Å². The van der Waals surface area contributed by atoms with Crippen molar-refractivity contribution in [3.8, 4) is 5.75 Å². The largest absolute Gasteiger partial charge is 0.489 e. The quantitative estimate of drug-likeness (QED) is 0.545. The maximum Gasteiger partial charge on any atom is 0.130 e. The van der Waals surface area contributed by atoms with E-state index in [9.17, 15) is 4.39 Å². The highest BCUT2D eigenvalue weighted by Crippen LogP contribution is 2.34. The van der Waals surface area contributed by atoms with Gasteiger partial charge >= 0.3 is 0 Å². The van der Waals surface area contributed by atoms with Crippen LogP contribution in [0, 0.1) is 11.7 Å². The highest BCUT2D eigenvalue weighted by molar-refractivity contribution is 6.59. The van der Waals surface area contributed by atoms with Crippen LogP contribution in [0.5, 0.6) is 5.75 Å². The Morgan fingerprint density at radius 2 is 1.85 bits per heavy atom. The normalized spacial score (nSPS) is 16.6. The van der Waals surface area contributed by atoms with E-state index in [2.05, 4.69) is 26.9 Å². The number of ether oxygens (including phenoxy) is 2. The number of fused-ring (bicyclic) bond motifs is 1. The molecular formula is C23H30FO2Si. The molecule has 0 amide bonds. The first-order valence-corrected chi connectivity index (χ1v) is 12.2. The predicted molar refractivity (Wildman–Crippen MR) is 110 cm³/mol. The number of rotatable bonds is 8. The molecule has 27 heavy (non-hydrogen) atoms. The van der Waals surface area contributed by atoms with Gasteiger partial charge in [-0.2, -0.15) is 0 Å². The van der Waals surface area contributed by atoms with Gasteiger partial charge in [-0.15, -0.1) is 0 Å². The van der Waals surface area contributed by atoms with Gasteiger partial charge in [-0.25, -0.2) is 4.39 Å². The highest BCUT2D eigenvalue weighted by atomic mass is 28.3. The maximum absolute atomic E-state index is 14.6. The summed E-state index contributed by atoms with van der Waals surface area (Å²) in [5, 5.41) is 0.264. The third-order valence-corrected chi connectivity index (χ3v) is 8.53. The van der Waals surface area contributed by atoms with Crippen molar-refractivity contribution >= 4 is 8.80 Å². The molecule has 1 radical (unpaired) electrons. The summed E-state index contributed by atoms with van der Waals surface area (Å²) in [7, 11) is -0.402. The Morgan fingerprint density at radius 1 is 1.11 bits per heavy atom. The van der Waals surface area contributed by atoms with Gasteiger partial charge in [0.2, 0.25) is 0 Å². The zero-order valence-electron chi connectivity index (χ0n) is 16.8. The van der Waals surface area contributed by atoms with Gasteiger partial charge in [-0.1, -0.05) is 57.3 Å². The summed E-state index contributed by atoms with van der Waals surface area (Å²) in [4.78, 5) is 0. The smallest absolute Gasteiger partial charge is 0.130 e. The molecule has 1 aliphatic carbocycles. The van der Waals surface area contributed by atoms with Gasteiger partial charge in [-0.3, -0.25) is 0 Å². The van der Waals surface area contributed by atoms with E-state index in [4.69, 9.17) is 9.47 Å². The SMILES string of the molecule is C[Si](C)C(C)(C)COCC1Cc2cc(OCc3ccccc3)cc(F)c2C1. The van der Waals surface area contributed by atoms with Crippen molar-refractivity contribution in [3.05, 3.63) is 65.0 Å². The first-order chi connectivity index (χ1) is 12.8. The molecule has 3 rings (SSSR count). The Kier molecular flexibility index (Phi) is 6.38. The second-order valence-electron chi connectivity index (χ2n) is 8.49. The van der Waals surface area contributed by atoms with Crippen molar-refractivity contribution in [1.29, 1.82) is 0 Å². The molecule has 0 fully saturated rings. The third kappa shape index (κ3) is 5.20. The molecule has 0 saturated carbocycles. The second kappa shape index (κ2) is 8.57. The molecule has 0 heterocycles. The Balaban J connectivity index is 1.56. The number of hydrogen-bond acceptors (Lipinski definition) is 2. The van der Waals surface area contributed by atoms with Crippen LogP contribution in [0.25, 0.3) is 0 Å². The number of benzene rings is 2. The van der Waals surface area contributed by atoms with Gasteiger partial charge < -0.3 is 9.47 Å². The Bertz CT molecular complexity index is 758. The Labute approximate surface area is 164 Å². The van der Waals surface area contributed by atoms with Crippen molar-refractivity contribution in [2.75, 3.05) is 13.2 Å². The lowest BCUT2D eigenvalue weighted by molar-refractivity contribution is 0.0851. The molecule has 0 aromatic heterocycles. The van der Waals surface area contributed by atoms with Crippen molar-refractivity contribution in [2.45, 2.75) is 51.4 Å². The fourth-order valence-corrected chi connectivity index (χ4v) is 3.71. The molecule has 145 valence electrons. The average molecular weight is 386 g/mol. The summed E-state index contributed by atoms with van der Waals surface area (Å²) in [6.07, 6.45) is 1.63. The van der Waals surface area contributed by atoms with Gasteiger partial charge in [0.1, 0.15) is 18.2 Å². The standard InChI is InChI=1S/C23H30FO2Si/c1-23(2,27(3)4)16-25-14-18-10-19-12-20(13-22(24)21(19)11-18)26-15-17-8-6-5-7-9-17/h5-9,12-13,18H,10-11,14-16H2,1-4H3. The van der Waals surface area contributed by atoms with Crippen LogP contribution in [0.3, 0.4) is 0 Å². The van der Waals surface area contributed by atoms with Crippen molar-refractivity contribution in [1.82, 2.24) is 0 Å². The van der Waals surface area contributed by atoms with Crippen LogP contribution in [0.15, 0.2) is 42.5 Å². The summed E-state index contributed by atoms with van der Waals surface area (Å²) in [6, 6.07) is 13.5. The van der Waals surface area contributed by atoms with Gasteiger partial charge in [0, 0.05) is 12.7 Å².